The Hall–Kier alpha value is -2.17. The monoisotopic (exact) mass is 362 g/mol. The van der Waals surface area contributed by atoms with Crippen LogP contribution in [0.25, 0.3) is 0 Å². The standard InChI is InChI=1S/C23H26N2O2/c26-22-20-12-6-5-11-19(20)21(17-24-13-7-2-8-14-24)23(25(22)15-16-27-23)18-9-3-1-4-10-18/h1,3-6,9-12,21H,2,7-8,13-17H2/t21-,23-/m0/s1. The number of carbonyl (C=O) groups excluding carboxylic acids is 1. The molecule has 0 aliphatic carbocycles. The van der Waals surface area contributed by atoms with Crippen LogP contribution in [0.15, 0.2) is 54.6 Å². The SMILES string of the molecule is O=C1c2ccccc2[C@H](CN2CCCCC2)[C@]2(c3ccccc3)OCCN12. The number of ether oxygens (including phenoxy) is 1. The third-order valence-corrected chi connectivity index (χ3v) is 6.40. The van der Waals surface area contributed by atoms with Gasteiger partial charge in [-0.3, -0.25) is 4.79 Å². The molecule has 0 spiro atoms. The predicted molar refractivity (Wildman–Crippen MR) is 105 cm³/mol. The van der Waals surface area contributed by atoms with Gasteiger partial charge in [0.25, 0.3) is 5.91 Å². The van der Waals surface area contributed by atoms with Crippen molar-refractivity contribution >= 4 is 5.91 Å². The number of hydrogen-bond donors (Lipinski definition) is 0. The summed E-state index contributed by atoms with van der Waals surface area (Å²) >= 11 is 0. The van der Waals surface area contributed by atoms with Crippen molar-refractivity contribution in [2.75, 3.05) is 32.8 Å². The van der Waals surface area contributed by atoms with Crippen LogP contribution in [0, 0.1) is 0 Å². The molecule has 27 heavy (non-hydrogen) atoms. The van der Waals surface area contributed by atoms with Gasteiger partial charge in [0.15, 0.2) is 5.72 Å². The molecule has 0 N–H and O–H groups in total. The minimum atomic E-state index is -0.690. The van der Waals surface area contributed by atoms with E-state index in [2.05, 4.69) is 29.2 Å². The van der Waals surface area contributed by atoms with Gasteiger partial charge in [-0.05, 0) is 37.6 Å². The fourth-order valence-corrected chi connectivity index (χ4v) is 5.17. The van der Waals surface area contributed by atoms with Crippen LogP contribution in [0.3, 0.4) is 0 Å². The second kappa shape index (κ2) is 6.77. The molecular weight excluding hydrogens is 336 g/mol. The lowest BCUT2D eigenvalue weighted by atomic mass is 9.76. The summed E-state index contributed by atoms with van der Waals surface area (Å²) in [4.78, 5) is 17.9. The highest BCUT2D eigenvalue weighted by atomic mass is 16.5. The molecule has 0 saturated carbocycles. The van der Waals surface area contributed by atoms with Gasteiger partial charge in [-0.2, -0.15) is 0 Å². The van der Waals surface area contributed by atoms with Gasteiger partial charge in [0.2, 0.25) is 0 Å². The van der Waals surface area contributed by atoms with Crippen molar-refractivity contribution in [3.05, 3.63) is 71.3 Å². The van der Waals surface area contributed by atoms with Gasteiger partial charge in [-0.15, -0.1) is 0 Å². The van der Waals surface area contributed by atoms with E-state index >= 15 is 0 Å². The quantitative estimate of drug-likeness (QED) is 0.836. The number of likely N-dealkylation sites (tertiary alicyclic amines) is 1. The molecule has 140 valence electrons. The van der Waals surface area contributed by atoms with Crippen molar-refractivity contribution in [1.29, 1.82) is 0 Å². The average molecular weight is 362 g/mol. The molecule has 2 aromatic carbocycles. The smallest absolute Gasteiger partial charge is 0.256 e. The van der Waals surface area contributed by atoms with Crippen molar-refractivity contribution in [3.63, 3.8) is 0 Å². The fourth-order valence-electron chi connectivity index (χ4n) is 5.17. The molecule has 2 fully saturated rings. The summed E-state index contributed by atoms with van der Waals surface area (Å²) < 4.78 is 6.49. The van der Waals surface area contributed by atoms with E-state index in [9.17, 15) is 4.79 Å². The van der Waals surface area contributed by atoms with E-state index in [4.69, 9.17) is 4.74 Å². The molecule has 2 aromatic rings. The Morgan fingerprint density at radius 3 is 2.48 bits per heavy atom. The molecule has 2 atom stereocenters. The van der Waals surface area contributed by atoms with E-state index in [-0.39, 0.29) is 11.8 Å². The van der Waals surface area contributed by atoms with E-state index in [1.807, 2.05) is 35.2 Å². The van der Waals surface area contributed by atoms with E-state index in [0.717, 1.165) is 36.3 Å². The second-order valence-electron chi connectivity index (χ2n) is 7.87. The predicted octanol–water partition coefficient (Wildman–Crippen LogP) is 3.60. The van der Waals surface area contributed by atoms with Crippen molar-refractivity contribution in [2.24, 2.45) is 0 Å². The maximum absolute atomic E-state index is 13.3. The van der Waals surface area contributed by atoms with Crippen molar-refractivity contribution in [2.45, 2.75) is 30.9 Å². The number of rotatable bonds is 3. The third-order valence-electron chi connectivity index (χ3n) is 6.40. The Balaban J connectivity index is 1.66. The summed E-state index contributed by atoms with van der Waals surface area (Å²) in [6.45, 7) is 4.44. The van der Waals surface area contributed by atoms with Crippen LogP contribution < -0.4 is 0 Å². The van der Waals surface area contributed by atoms with Crippen LogP contribution in [0.1, 0.15) is 46.7 Å². The van der Waals surface area contributed by atoms with Crippen molar-refractivity contribution in [3.8, 4) is 0 Å². The Kier molecular flexibility index (Phi) is 4.25. The van der Waals surface area contributed by atoms with E-state index in [1.165, 1.54) is 19.3 Å². The highest BCUT2D eigenvalue weighted by Crippen LogP contribution is 2.51. The fraction of sp³-hybridized carbons (Fsp3) is 0.435. The molecule has 4 nitrogen and oxygen atoms in total. The lowest BCUT2D eigenvalue weighted by molar-refractivity contribution is -0.106. The molecule has 2 saturated heterocycles. The molecule has 5 rings (SSSR count). The average Bonchev–Trinajstić information content (AvgIpc) is 3.19. The zero-order valence-corrected chi connectivity index (χ0v) is 15.6. The lowest BCUT2D eigenvalue weighted by Crippen LogP contribution is -2.56. The Morgan fingerprint density at radius 1 is 0.926 bits per heavy atom. The highest BCUT2D eigenvalue weighted by molar-refractivity contribution is 5.98. The van der Waals surface area contributed by atoms with Gasteiger partial charge in [0, 0.05) is 24.2 Å². The maximum atomic E-state index is 13.3. The number of piperidine rings is 1. The zero-order valence-electron chi connectivity index (χ0n) is 15.6. The number of nitrogens with zero attached hydrogens (tertiary/aromatic N) is 2. The number of amides is 1. The molecule has 4 heteroatoms. The number of carbonyl (C=O) groups is 1. The van der Waals surface area contributed by atoms with E-state index < -0.39 is 5.72 Å². The molecule has 0 aromatic heterocycles. The number of benzene rings is 2. The normalized spacial score (nSPS) is 28.1. The Labute approximate surface area is 160 Å². The summed E-state index contributed by atoms with van der Waals surface area (Å²) in [5.41, 5.74) is 2.38. The lowest BCUT2D eigenvalue weighted by Gasteiger charge is -2.49. The summed E-state index contributed by atoms with van der Waals surface area (Å²) in [5, 5.41) is 0. The van der Waals surface area contributed by atoms with Crippen LogP contribution in [0.4, 0.5) is 0 Å². The first-order chi connectivity index (χ1) is 13.3. The van der Waals surface area contributed by atoms with Crippen molar-refractivity contribution < 1.29 is 9.53 Å². The van der Waals surface area contributed by atoms with Crippen LogP contribution >= 0.6 is 0 Å². The molecule has 1 amide bonds. The minimum Gasteiger partial charge on any atom is -0.349 e. The first-order valence-electron chi connectivity index (χ1n) is 10.1. The van der Waals surface area contributed by atoms with Gasteiger partial charge < -0.3 is 14.5 Å². The summed E-state index contributed by atoms with van der Waals surface area (Å²) in [7, 11) is 0. The van der Waals surface area contributed by atoms with Gasteiger partial charge in [0.05, 0.1) is 12.5 Å². The number of hydrogen-bond acceptors (Lipinski definition) is 3. The molecule has 3 aliphatic heterocycles. The van der Waals surface area contributed by atoms with Crippen LogP contribution in [-0.2, 0) is 10.5 Å². The summed E-state index contributed by atoms with van der Waals surface area (Å²) in [5.74, 6) is 0.219. The van der Waals surface area contributed by atoms with Crippen LogP contribution in [0.5, 0.6) is 0 Å². The minimum absolute atomic E-state index is 0.0989. The molecular formula is C23H26N2O2. The summed E-state index contributed by atoms with van der Waals surface area (Å²) in [6.07, 6.45) is 3.84. The first kappa shape index (κ1) is 17.0. The largest absolute Gasteiger partial charge is 0.349 e. The molecule has 3 heterocycles. The topological polar surface area (TPSA) is 32.8 Å². The van der Waals surface area contributed by atoms with Crippen LogP contribution in [0.2, 0.25) is 0 Å². The van der Waals surface area contributed by atoms with E-state index in [0.29, 0.717) is 13.2 Å². The summed E-state index contributed by atoms with van der Waals surface area (Å²) in [6, 6.07) is 18.5. The van der Waals surface area contributed by atoms with Gasteiger partial charge in [-0.25, -0.2) is 0 Å². The molecule has 0 bridgehead atoms. The molecule has 0 radical (unpaired) electrons. The van der Waals surface area contributed by atoms with Gasteiger partial charge in [-0.1, -0.05) is 55.0 Å². The van der Waals surface area contributed by atoms with Crippen molar-refractivity contribution in [1.82, 2.24) is 9.80 Å². The van der Waals surface area contributed by atoms with Gasteiger partial charge in [0.1, 0.15) is 0 Å². The zero-order chi connectivity index (χ0) is 18.3. The Morgan fingerprint density at radius 2 is 1.67 bits per heavy atom. The highest BCUT2D eigenvalue weighted by Gasteiger charge is 2.56. The Bertz CT molecular complexity index is 831. The second-order valence-corrected chi connectivity index (χ2v) is 7.87. The van der Waals surface area contributed by atoms with E-state index in [1.54, 1.807) is 0 Å². The maximum Gasteiger partial charge on any atom is 0.256 e. The van der Waals surface area contributed by atoms with Crippen LogP contribution in [-0.4, -0.2) is 48.5 Å². The van der Waals surface area contributed by atoms with Gasteiger partial charge >= 0.3 is 0 Å². The number of fused-ring (bicyclic) bond motifs is 2. The third kappa shape index (κ3) is 2.62. The molecule has 3 aliphatic rings. The molecule has 0 unspecified atom stereocenters. The first-order valence-corrected chi connectivity index (χ1v) is 10.1.